The molecule has 0 nitrogen and oxygen atoms in total. The Morgan fingerprint density at radius 1 is 1.33 bits per heavy atom. The maximum atomic E-state index is 2.98. The Morgan fingerprint density at radius 2 is 2.00 bits per heavy atom. The van der Waals surface area contributed by atoms with Gasteiger partial charge in [0.2, 0.25) is 0 Å². The predicted octanol–water partition coefficient (Wildman–Crippen LogP) is 1.76. The van der Waals surface area contributed by atoms with E-state index in [1.807, 2.05) is 0 Å². The molecule has 0 aliphatic heterocycles. The van der Waals surface area contributed by atoms with Gasteiger partial charge in [0.15, 0.2) is 0 Å². The van der Waals surface area contributed by atoms with Crippen molar-refractivity contribution in [1.82, 2.24) is 0 Å². The summed E-state index contributed by atoms with van der Waals surface area (Å²) in [6.45, 7) is 2.22. The first-order valence-corrected chi connectivity index (χ1v) is 3.71. The van der Waals surface area contributed by atoms with Gasteiger partial charge >= 0.3 is 47.5 Å². The van der Waals surface area contributed by atoms with Gasteiger partial charge in [-0.05, 0) is 0 Å². The summed E-state index contributed by atoms with van der Waals surface area (Å²) in [6.07, 6.45) is 4.07. The van der Waals surface area contributed by atoms with E-state index in [-0.39, 0.29) is 0 Å². The van der Waals surface area contributed by atoms with Gasteiger partial charge in [-0.2, -0.15) is 0 Å². The molecule has 0 amide bonds. The van der Waals surface area contributed by atoms with Crippen LogP contribution in [-0.4, -0.2) is 16.0 Å². The van der Waals surface area contributed by atoms with E-state index < -0.39 is 0 Å². The Morgan fingerprint density at radius 3 is 2.17 bits per heavy atom. The second kappa shape index (κ2) is 5.52. The van der Waals surface area contributed by atoms with Gasteiger partial charge in [0, 0.05) is 0 Å². The van der Waals surface area contributed by atoms with Crippen molar-refractivity contribution < 1.29 is 0 Å². The van der Waals surface area contributed by atoms with E-state index in [9.17, 15) is 0 Å². The summed E-state index contributed by atoms with van der Waals surface area (Å²) in [5, 5.41) is 1.23. The second-order valence-electron chi connectivity index (χ2n) is 1.41. The van der Waals surface area contributed by atoms with Gasteiger partial charge in [-0.15, -0.1) is 0 Å². The van der Waals surface area contributed by atoms with E-state index in [2.05, 4.69) is 22.9 Å². The molecule has 6 heavy (non-hydrogen) atoms. The molecule has 0 heterocycles. The van der Waals surface area contributed by atoms with Crippen LogP contribution in [-0.2, 0) is 0 Å². The summed E-state index contributed by atoms with van der Waals surface area (Å²) in [7, 11) is 0. The molecule has 0 spiro atoms. The van der Waals surface area contributed by atoms with Crippen LogP contribution in [0.4, 0.5) is 0 Å². The molecule has 0 atom stereocenters. The summed E-state index contributed by atoms with van der Waals surface area (Å²) < 4.78 is 0. The number of rotatable bonds is 3. The summed E-state index contributed by atoms with van der Waals surface area (Å²) in [5.74, 6) is 0. The van der Waals surface area contributed by atoms with Crippen LogP contribution < -0.4 is 0 Å². The van der Waals surface area contributed by atoms with Crippen LogP contribution >= 0.6 is 0 Å². The van der Waals surface area contributed by atoms with Gasteiger partial charge < -0.3 is 0 Å². The molecule has 37 valence electrons. The monoisotopic (exact) mass is 151 g/mol. The predicted molar refractivity (Wildman–Crippen MR) is 30.1 cm³/mol. The molecule has 0 aliphatic carbocycles. The van der Waals surface area contributed by atoms with Crippen molar-refractivity contribution in [2.75, 3.05) is 0 Å². The fourth-order valence-electron chi connectivity index (χ4n) is 0.352. The van der Waals surface area contributed by atoms with Gasteiger partial charge in [0.05, 0.1) is 0 Å². The quantitative estimate of drug-likeness (QED) is 0.424. The number of unbranched alkanes of at least 4 members (excludes halogenated alkanes) is 2. The fourth-order valence-corrected chi connectivity index (χ4v) is 0.780. The number of hydrogen-bond donors (Lipinski definition) is 0. The summed E-state index contributed by atoms with van der Waals surface area (Å²) in [4.78, 5) is 0. The molecule has 0 bridgehead atoms. The molecule has 0 aromatic heterocycles. The van der Waals surface area contributed by atoms with Gasteiger partial charge in [-0.1, -0.05) is 0 Å². The summed E-state index contributed by atoms with van der Waals surface area (Å²) >= 11 is 2.98. The van der Waals surface area contributed by atoms with Crippen molar-refractivity contribution in [3.8, 4) is 0 Å². The fraction of sp³-hybridized carbons (Fsp3) is 1.00. The average Bonchev–Trinajstić information content (AvgIpc) is 1.61. The van der Waals surface area contributed by atoms with Crippen LogP contribution in [0.25, 0.3) is 0 Å². The Hall–Kier alpha value is 0.519. The second-order valence-corrected chi connectivity index (χ2v) is 2.27. The van der Waals surface area contributed by atoms with Gasteiger partial charge in [-0.3, -0.25) is 0 Å². The zero-order valence-electron chi connectivity index (χ0n) is 4.24. The molecule has 0 aromatic rings. The Balaban J connectivity index is 2.34. The van der Waals surface area contributed by atoms with Crippen LogP contribution in [0, 0.1) is 0 Å². The molecule has 0 saturated carbocycles. The van der Waals surface area contributed by atoms with E-state index in [0.29, 0.717) is 0 Å². The van der Waals surface area contributed by atoms with Crippen molar-refractivity contribution in [3.05, 3.63) is 0 Å². The first-order valence-electron chi connectivity index (χ1n) is 2.50. The molecule has 0 aromatic carbocycles. The number of hydrogen-bond acceptors (Lipinski definition) is 0. The molecule has 0 unspecified atom stereocenters. The van der Waals surface area contributed by atoms with E-state index in [4.69, 9.17) is 0 Å². The maximum absolute atomic E-state index is 2.98. The third-order valence-corrected chi connectivity index (χ3v) is 1.35. The Bertz CT molecular complexity index is 15.9. The van der Waals surface area contributed by atoms with Crippen molar-refractivity contribution in [2.45, 2.75) is 31.5 Å². The SMILES string of the molecule is CCCCC[Se]. The van der Waals surface area contributed by atoms with E-state index in [0.717, 1.165) is 0 Å². The van der Waals surface area contributed by atoms with Crippen LogP contribution in [0.1, 0.15) is 26.2 Å². The molecule has 0 N–H and O–H groups in total. The zero-order chi connectivity index (χ0) is 4.83. The summed E-state index contributed by atoms with van der Waals surface area (Å²) in [5.41, 5.74) is 0. The normalized spacial score (nSPS) is 9.00. The van der Waals surface area contributed by atoms with E-state index >= 15 is 0 Å². The van der Waals surface area contributed by atoms with E-state index in [1.54, 1.807) is 0 Å². The van der Waals surface area contributed by atoms with Crippen LogP contribution in [0.15, 0.2) is 0 Å². The van der Waals surface area contributed by atoms with Crippen molar-refractivity contribution >= 4 is 16.0 Å². The van der Waals surface area contributed by atoms with Crippen LogP contribution in [0.5, 0.6) is 0 Å². The Kier molecular flexibility index (Phi) is 6.00. The zero-order valence-corrected chi connectivity index (χ0v) is 5.95. The van der Waals surface area contributed by atoms with Crippen molar-refractivity contribution in [2.24, 2.45) is 0 Å². The standard InChI is InChI=1S/C5H11Se/c1-2-3-4-5-6/h2-5H2,1H3. The third-order valence-electron chi connectivity index (χ3n) is 0.748. The summed E-state index contributed by atoms with van der Waals surface area (Å²) in [6, 6.07) is 0. The van der Waals surface area contributed by atoms with E-state index in [1.165, 1.54) is 24.6 Å². The van der Waals surface area contributed by atoms with Crippen LogP contribution in [0.2, 0.25) is 5.32 Å². The topological polar surface area (TPSA) is 0 Å². The first kappa shape index (κ1) is 6.52. The average molecular weight is 150 g/mol. The van der Waals surface area contributed by atoms with Gasteiger partial charge in [0.25, 0.3) is 0 Å². The van der Waals surface area contributed by atoms with Crippen LogP contribution in [0.3, 0.4) is 0 Å². The molecule has 0 rings (SSSR count). The molecule has 0 aliphatic rings. The van der Waals surface area contributed by atoms with Gasteiger partial charge in [0.1, 0.15) is 0 Å². The third kappa shape index (κ3) is 4.52. The molecule has 0 saturated heterocycles. The molecule has 1 radical (unpaired) electrons. The molecule has 0 fully saturated rings. The van der Waals surface area contributed by atoms with Crippen molar-refractivity contribution in [1.29, 1.82) is 0 Å². The molecular formula is C5H11Se. The minimum absolute atomic E-state index is 1.23. The first-order chi connectivity index (χ1) is 2.91. The molecular weight excluding hydrogens is 139 g/mol. The van der Waals surface area contributed by atoms with Crippen molar-refractivity contribution in [3.63, 3.8) is 0 Å². The minimum atomic E-state index is 1.23. The molecule has 1 heteroatoms. The Labute approximate surface area is 48.1 Å². The van der Waals surface area contributed by atoms with Gasteiger partial charge in [-0.25, -0.2) is 0 Å².